The number of halogens is 1. The smallest absolute Gasteiger partial charge is 0.133 e. The molecule has 0 heterocycles. The summed E-state index contributed by atoms with van der Waals surface area (Å²) in [5, 5.41) is 12.8. The number of benzene rings is 1. The van der Waals surface area contributed by atoms with E-state index >= 15 is 0 Å². The standard InChI is InChI=1S/C14H17FN2/c1-3-10(2)17-14(9-16)8-7-11-12(14)5-4-6-13(11)15/h4-6,10,17H,3,7-8H2,1-2H3. The normalized spacial score (nSPS) is 24.1. The van der Waals surface area contributed by atoms with Gasteiger partial charge in [-0.2, -0.15) is 5.26 Å². The number of rotatable bonds is 3. The van der Waals surface area contributed by atoms with Gasteiger partial charge in [-0.25, -0.2) is 4.39 Å². The maximum Gasteiger partial charge on any atom is 0.133 e. The van der Waals surface area contributed by atoms with Crippen molar-refractivity contribution < 1.29 is 4.39 Å². The van der Waals surface area contributed by atoms with E-state index in [1.54, 1.807) is 6.07 Å². The lowest BCUT2D eigenvalue weighted by Gasteiger charge is -2.27. The average Bonchev–Trinajstić information content (AvgIpc) is 2.70. The first-order valence-electron chi connectivity index (χ1n) is 6.10. The van der Waals surface area contributed by atoms with Gasteiger partial charge in [-0.1, -0.05) is 19.1 Å². The molecule has 0 amide bonds. The average molecular weight is 232 g/mol. The van der Waals surface area contributed by atoms with E-state index < -0.39 is 5.54 Å². The Balaban J connectivity index is 2.42. The summed E-state index contributed by atoms with van der Waals surface area (Å²) in [5.74, 6) is -0.189. The highest BCUT2D eigenvalue weighted by molar-refractivity contribution is 5.44. The Labute approximate surface area is 101 Å². The van der Waals surface area contributed by atoms with E-state index in [1.807, 2.05) is 6.07 Å². The summed E-state index contributed by atoms with van der Waals surface area (Å²) in [7, 11) is 0. The van der Waals surface area contributed by atoms with Crippen LogP contribution in [0.4, 0.5) is 4.39 Å². The predicted octanol–water partition coefficient (Wildman–Crippen LogP) is 2.88. The zero-order valence-corrected chi connectivity index (χ0v) is 10.3. The van der Waals surface area contributed by atoms with E-state index in [4.69, 9.17) is 0 Å². The Bertz CT molecular complexity index is 464. The molecule has 0 bridgehead atoms. The van der Waals surface area contributed by atoms with E-state index in [2.05, 4.69) is 25.2 Å². The van der Waals surface area contributed by atoms with Crippen molar-refractivity contribution in [2.75, 3.05) is 0 Å². The molecule has 17 heavy (non-hydrogen) atoms. The third kappa shape index (κ3) is 1.94. The molecular weight excluding hydrogens is 215 g/mol. The molecule has 0 radical (unpaired) electrons. The van der Waals surface area contributed by atoms with Crippen LogP contribution in [0.25, 0.3) is 0 Å². The molecule has 1 aromatic carbocycles. The van der Waals surface area contributed by atoms with Crippen molar-refractivity contribution in [1.29, 1.82) is 5.26 Å². The second-order valence-corrected chi connectivity index (χ2v) is 4.74. The molecule has 0 aromatic heterocycles. The van der Waals surface area contributed by atoms with Crippen LogP contribution in [0.3, 0.4) is 0 Å². The molecule has 0 fully saturated rings. The van der Waals surface area contributed by atoms with Crippen molar-refractivity contribution in [2.45, 2.75) is 44.7 Å². The minimum Gasteiger partial charge on any atom is -0.293 e. The third-order valence-corrected chi connectivity index (χ3v) is 3.62. The lowest BCUT2D eigenvalue weighted by atomic mass is 9.92. The number of fused-ring (bicyclic) bond motifs is 1. The van der Waals surface area contributed by atoms with Crippen molar-refractivity contribution in [3.63, 3.8) is 0 Å². The molecule has 2 atom stereocenters. The van der Waals surface area contributed by atoms with Crippen LogP contribution >= 0.6 is 0 Å². The maximum absolute atomic E-state index is 13.7. The van der Waals surface area contributed by atoms with E-state index in [0.717, 1.165) is 12.0 Å². The number of nitrogens with one attached hydrogen (secondary N) is 1. The summed E-state index contributed by atoms with van der Waals surface area (Å²) in [5.41, 5.74) is 0.817. The highest BCUT2D eigenvalue weighted by Gasteiger charge is 2.40. The zero-order valence-electron chi connectivity index (χ0n) is 10.3. The molecule has 1 N–H and O–H groups in total. The first-order chi connectivity index (χ1) is 8.13. The van der Waals surface area contributed by atoms with Crippen LogP contribution in [-0.2, 0) is 12.0 Å². The number of hydrogen-bond donors (Lipinski definition) is 1. The van der Waals surface area contributed by atoms with Crippen molar-refractivity contribution in [3.05, 3.63) is 35.1 Å². The van der Waals surface area contributed by atoms with Crippen molar-refractivity contribution in [1.82, 2.24) is 5.32 Å². The van der Waals surface area contributed by atoms with Crippen LogP contribution in [0.1, 0.15) is 37.8 Å². The summed E-state index contributed by atoms with van der Waals surface area (Å²) in [6, 6.07) is 7.62. The molecule has 2 nitrogen and oxygen atoms in total. The first kappa shape index (κ1) is 12.1. The number of hydrogen-bond acceptors (Lipinski definition) is 2. The highest BCUT2D eigenvalue weighted by atomic mass is 19.1. The Morgan fingerprint density at radius 1 is 1.59 bits per heavy atom. The fourth-order valence-corrected chi connectivity index (χ4v) is 2.48. The van der Waals surface area contributed by atoms with Crippen LogP contribution in [-0.4, -0.2) is 6.04 Å². The topological polar surface area (TPSA) is 35.8 Å². The molecule has 2 rings (SSSR count). The van der Waals surface area contributed by atoms with Gasteiger partial charge in [0, 0.05) is 6.04 Å². The van der Waals surface area contributed by atoms with E-state index in [1.165, 1.54) is 6.07 Å². The Morgan fingerprint density at radius 2 is 2.35 bits per heavy atom. The van der Waals surface area contributed by atoms with Crippen molar-refractivity contribution >= 4 is 0 Å². The van der Waals surface area contributed by atoms with Crippen molar-refractivity contribution in [3.8, 4) is 6.07 Å². The quantitative estimate of drug-likeness (QED) is 0.869. The van der Waals surface area contributed by atoms with Gasteiger partial charge in [0.15, 0.2) is 0 Å². The molecule has 1 aliphatic carbocycles. The molecule has 2 unspecified atom stereocenters. The number of nitrogens with zero attached hydrogens (tertiary/aromatic N) is 1. The van der Waals surface area contributed by atoms with Gasteiger partial charge in [-0.05, 0) is 43.4 Å². The highest BCUT2D eigenvalue weighted by Crippen LogP contribution is 2.38. The second-order valence-electron chi connectivity index (χ2n) is 4.74. The van der Waals surface area contributed by atoms with Gasteiger partial charge < -0.3 is 0 Å². The molecule has 1 aromatic rings. The molecule has 0 saturated carbocycles. The van der Waals surface area contributed by atoms with Crippen LogP contribution in [0, 0.1) is 17.1 Å². The van der Waals surface area contributed by atoms with Crippen LogP contribution < -0.4 is 5.32 Å². The Morgan fingerprint density at radius 3 is 3.00 bits per heavy atom. The molecule has 3 heteroatoms. The van der Waals surface area contributed by atoms with Gasteiger partial charge in [-0.3, -0.25) is 5.32 Å². The van der Waals surface area contributed by atoms with Gasteiger partial charge in [0.25, 0.3) is 0 Å². The summed E-state index contributed by atoms with van der Waals surface area (Å²) in [6.45, 7) is 4.13. The summed E-state index contributed by atoms with van der Waals surface area (Å²) >= 11 is 0. The molecule has 0 saturated heterocycles. The zero-order chi connectivity index (χ0) is 12.5. The van der Waals surface area contributed by atoms with Crippen molar-refractivity contribution in [2.24, 2.45) is 0 Å². The SMILES string of the molecule is CCC(C)NC1(C#N)CCc2c(F)cccc21. The molecule has 90 valence electrons. The van der Waals surface area contributed by atoms with Gasteiger partial charge >= 0.3 is 0 Å². The first-order valence-corrected chi connectivity index (χ1v) is 6.10. The fraction of sp³-hybridized carbons (Fsp3) is 0.500. The third-order valence-electron chi connectivity index (χ3n) is 3.62. The van der Waals surface area contributed by atoms with Gasteiger partial charge in [0.05, 0.1) is 6.07 Å². The molecular formula is C14H17FN2. The van der Waals surface area contributed by atoms with Gasteiger partial charge in [-0.15, -0.1) is 0 Å². The van der Waals surface area contributed by atoms with Crippen LogP contribution in [0.5, 0.6) is 0 Å². The second kappa shape index (κ2) is 4.46. The molecule has 1 aliphatic rings. The largest absolute Gasteiger partial charge is 0.293 e. The van der Waals surface area contributed by atoms with E-state index in [-0.39, 0.29) is 11.9 Å². The predicted molar refractivity (Wildman–Crippen MR) is 64.9 cm³/mol. The maximum atomic E-state index is 13.7. The summed E-state index contributed by atoms with van der Waals surface area (Å²) < 4.78 is 13.7. The monoisotopic (exact) mass is 232 g/mol. The van der Waals surface area contributed by atoms with E-state index in [9.17, 15) is 9.65 Å². The summed E-state index contributed by atoms with van der Waals surface area (Å²) in [6.07, 6.45) is 2.25. The van der Waals surface area contributed by atoms with E-state index in [0.29, 0.717) is 18.4 Å². The summed E-state index contributed by atoms with van der Waals surface area (Å²) in [4.78, 5) is 0. The minimum atomic E-state index is -0.702. The van der Waals surface area contributed by atoms with Crippen LogP contribution in [0.15, 0.2) is 18.2 Å². The fourth-order valence-electron chi connectivity index (χ4n) is 2.48. The molecule has 0 aliphatic heterocycles. The molecule has 0 spiro atoms. The Kier molecular flexibility index (Phi) is 3.17. The Hall–Kier alpha value is -1.40. The van der Waals surface area contributed by atoms with Gasteiger partial charge in [0.2, 0.25) is 0 Å². The lowest BCUT2D eigenvalue weighted by Crippen LogP contribution is -2.44. The van der Waals surface area contributed by atoms with Crippen LogP contribution in [0.2, 0.25) is 0 Å². The van der Waals surface area contributed by atoms with Gasteiger partial charge in [0.1, 0.15) is 11.4 Å². The lowest BCUT2D eigenvalue weighted by molar-refractivity contribution is 0.366. The minimum absolute atomic E-state index is 0.189. The number of nitriles is 1.